The molecule has 0 radical (unpaired) electrons. The summed E-state index contributed by atoms with van der Waals surface area (Å²) in [4.78, 5) is 9.17. The molecule has 0 aliphatic carbocycles. The Morgan fingerprint density at radius 3 is 2.42 bits per heavy atom. The normalized spacial score (nSPS) is 13.1. The van der Waals surface area contributed by atoms with Crippen molar-refractivity contribution in [2.24, 2.45) is 0 Å². The molecule has 7 rings (SSSR count). The number of nitrogens with one attached hydrogen (secondary N) is 1. The first-order valence-corrected chi connectivity index (χ1v) is 18.7. The molecular formula is C41H26ClF4IN4O3S. The van der Waals surface area contributed by atoms with E-state index in [0.29, 0.717) is 73.1 Å². The molecule has 0 saturated heterocycles. The minimum Gasteiger partial charge on any atom is -0.384 e. The number of benzene rings is 3. The highest BCUT2D eigenvalue weighted by Crippen LogP contribution is 2.44. The van der Waals surface area contributed by atoms with Crippen LogP contribution in [0, 0.1) is 14.8 Å². The Hall–Kier alpha value is -5.06. The average Bonchev–Trinajstić information content (AvgIpc) is 3.84. The first-order valence-electron chi connectivity index (χ1n) is 16.4. The zero-order chi connectivity index (χ0) is 38.9. The number of hydrogen-bond donors (Lipinski definition) is 3. The Bertz CT molecular complexity index is 2540. The number of rotatable bonds is 10. The maximum absolute atomic E-state index is 15.2. The van der Waals surface area contributed by atoms with Crippen molar-refractivity contribution in [3.8, 4) is 33.2 Å². The number of alkyl halides is 3. The Kier molecular flexibility index (Phi) is 11.1. The number of aliphatic hydroxyl groups excluding tert-OH is 2. The fourth-order valence-corrected chi connectivity index (χ4v) is 7.60. The Morgan fingerprint density at radius 2 is 1.69 bits per heavy atom. The summed E-state index contributed by atoms with van der Waals surface area (Å²) in [5, 5.41) is 39.6. The first-order chi connectivity index (χ1) is 26.4. The molecule has 0 bridgehead atoms. The van der Waals surface area contributed by atoms with Crippen LogP contribution in [0.15, 0.2) is 131 Å². The molecule has 4 aromatic heterocycles. The quantitative estimate of drug-likeness (QED) is 0.0715. The predicted octanol–water partition coefficient (Wildman–Crippen LogP) is 11.2. The molecule has 0 spiro atoms. The van der Waals surface area contributed by atoms with Gasteiger partial charge in [-0.3, -0.25) is 15.4 Å². The molecule has 0 amide bonds. The highest BCUT2D eigenvalue weighted by Gasteiger charge is 2.33. The molecule has 4 heterocycles. The van der Waals surface area contributed by atoms with Crippen molar-refractivity contribution in [2.45, 2.75) is 18.4 Å². The lowest BCUT2D eigenvalue weighted by Crippen LogP contribution is -2.15. The van der Waals surface area contributed by atoms with Crippen LogP contribution in [0.4, 0.5) is 17.6 Å². The molecule has 0 fully saturated rings. The van der Waals surface area contributed by atoms with E-state index < -0.39 is 41.0 Å². The van der Waals surface area contributed by atoms with Crippen molar-refractivity contribution in [1.29, 1.82) is 5.41 Å². The molecule has 2 atom stereocenters. The molecular weight excluding hydrogens is 867 g/mol. The van der Waals surface area contributed by atoms with Crippen molar-refractivity contribution in [3.63, 3.8) is 0 Å². The van der Waals surface area contributed by atoms with Gasteiger partial charge in [-0.25, -0.2) is 4.39 Å². The highest BCUT2D eigenvalue weighted by molar-refractivity contribution is 14.1. The number of aliphatic hydroxyl groups is 2. The third-order valence-corrected chi connectivity index (χ3v) is 10.6. The summed E-state index contributed by atoms with van der Waals surface area (Å²) in [6.45, 7) is 0. The number of pyridine rings is 2. The van der Waals surface area contributed by atoms with Crippen LogP contribution in [0.3, 0.4) is 0 Å². The predicted molar refractivity (Wildman–Crippen MR) is 212 cm³/mol. The van der Waals surface area contributed by atoms with Gasteiger partial charge in [-0.2, -0.15) is 13.2 Å². The lowest BCUT2D eigenvalue weighted by Gasteiger charge is -2.19. The van der Waals surface area contributed by atoms with E-state index in [1.165, 1.54) is 35.9 Å². The van der Waals surface area contributed by atoms with Crippen molar-refractivity contribution < 1.29 is 32.3 Å². The molecule has 3 N–H and O–H groups in total. The third-order valence-electron chi connectivity index (χ3n) is 8.71. The summed E-state index contributed by atoms with van der Waals surface area (Å²) in [5.41, 5.74) is 0.690. The summed E-state index contributed by atoms with van der Waals surface area (Å²) >= 11 is 9.61. The van der Waals surface area contributed by atoms with Gasteiger partial charge in [0.25, 0.3) is 0 Å². The second kappa shape index (κ2) is 16.0. The SMILES string of the molecule is N=C(C(=Cc1ccsc1-c1ncccc1C(O)c1c(-c2ccc(Cl)cc2)noc1-c1cccc(I)c1)C(O)c1cccnc1)c1cc(C(F)(F)F)ccc1F. The molecule has 0 aliphatic rings. The topological polar surface area (TPSA) is 116 Å². The molecule has 55 heavy (non-hydrogen) atoms. The van der Waals surface area contributed by atoms with E-state index in [9.17, 15) is 23.4 Å². The lowest BCUT2D eigenvalue weighted by molar-refractivity contribution is -0.137. The smallest absolute Gasteiger partial charge is 0.384 e. The Labute approximate surface area is 334 Å². The molecule has 14 heteroatoms. The van der Waals surface area contributed by atoms with Crippen LogP contribution in [-0.2, 0) is 6.18 Å². The third kappa shape index (κ3) is 8.02. The molecule has 3 aromatic carbocycles. The van der Waals surface area contributed by atoms with E-state index in [2.05, 4.69) is 37.7 Å². The molecule has 0 saturated carbocycles. The van der Waals surface area contributed by atoms with Gasteiger partial charge in [0.15, 0.2) is 5.76 Å². The molecule has 7 aromatic rings. The van der Waals surface area contributed by atoms with E-state index in [0.717, 1.165) is 3.57 Å². The van der Waals surface area contributed by atoms with Gasteiger partial charge in [-0.1, -0.05) is 53.2 Å². The number of halogens is 6. The second-order valence-electron chi connectivity index (χ2n) is 12.2. The van der Waals surface area contributed by atoms with Crippen molar-refractivity contribution in [2.75, 3.05) is 0 Å². The van der Waals surface area contributed by atoms with Crippen LogP contribution in [0.5, 0.6) is 0 Å². The van der Waals surface area contributed by atoms with Gasteiger partial charge in [0.05, 0.1) is 27.4 Å². The van der Waals surface area contributed by atoms with Crippen LogP contribution in [0.1, 0.15) is 45.6 Å². The van der Waals surface area contributed by atoms with Crippen molar-refractivity contribution in [3.05, 3.63) is 174 Å². The fraction of sp³-hybridized carbons (Fsp3) is 0.0732. The monoisotopic (exact) mass is 892 g/mol. The van der Waals surface area contributed by atoms with Gasteiger partial charge in [0.2, 0.25) is 0 Å². The standard InChI is InChI=1S/C41H26ClF4IN4O3S/c42-27-11-8-22(9-12-27)35-33(39(54-51-35)23-4-1-6-28(47)18-23)38(53)29-7-3-16-50-36(29)40-24(14-17-55-40)19-31(37(52)25-5-2-15-49-21-25)34(48)30-20-26(41(44,45)46)10-13-32(30)43/h1-21,37-38,48,52-53H. The van der Waals surface area contributed by atoms with Crippen molar-refractivity contribution in [1.82, 2.24) is 15.1 Å². The van der Waals surface area contributed by atoms with Crippen LogP contribution in [-0.4, -0.2) is 31.0 Å². The van der Waals surface area contributed by atoms with E-state index in [1.807, 2.05) is 24.3 Å². The maximum atomic E-state index is 15.2. The molecule has 276 valence electrons. The summed E-state index contributed by atoms with van der Waals surface area (Å²) < 4.78 is 63.2. The number of thiophene rings is 1. The molecule has 7 nitrogen and oxygen atoms in total. The minimum absolute atomic E-state index is 0.200. The zero-order valence-corrected chi connectivity index (χ0v) is 31.8. The first kappa shape index (κ1) is 38.2. The minimum atomic E-state index is -4.80. The van der Waals surface area contributed by atoms with Crippen LogP contribution >= 0.6 is 45.5 Å². The number of nitrogens with zero attached hydrogens (tertiary/aromatic N) is 3. The van der Waals surface area contributed by atoms with E-state index in [-0.39, 0.29) is 11.1 Å². The Morgan fingerprint density at radius 1 is 0.909 bits per heavy atom. The molecule has 2 unspecified atom stereocenters. The average molecular weight is 893 g/mol. The molecule has 0 aliphatic heterocycles. The second-order valence-corrected chi connectivity index (χ2v) is 14.8. The van der Waals surface area contributed by atoms with Gasteiger partial charge in [-0.15, -0.1) is 11.3 Å². The zero-order valence-electron chi connectivity index (χ0n) is 28.1. The van der Waals surface area contributed by atoms with Crippen molar-refractivity contribution >= 4 is 57.3 Å². The van der Waals surface area contributed by atoms with Crippen LogP contribution in [0.25, 0.3) is 39.2 Å². The summed E-state index contributed by atoms with van der Waals surface area (Å²) in [5.74, 6) is -0.743. The maximum Gasteiger partial charge on any atom is 0.416 e. The summed E-state index contributed by atoms with van der Waals surface area (Å²) in [7, 11) is 0. The Balaban J connectivity index is 1.37. The van der Waals surface area contributed by atoms with Crippen LogP contribution in [0.2, 0.25) is 5.02 Å². The lowest BCUT2D eigenvalue weighted by atomic mass is 9.90. The van der Waals surface area contributed by atoms with Crippen LogP contribution < -0.4 is 0 Å². The van der Waals surface area contributed by atoms with E-state index >= 15 is 4.39 Å². The number of hydrogen-bond acceptors (Lipinski definition) is 8. The largest absolute Gasteiger partial charge is 0.416 e. The summed E-state index contributed by atoms with van der Waals surface area (Å²) in [6, 6.07) is 24.3. The van der Waals surface area contributed by atoms with Gasteiger partial charge >= 0.3 is 6.18 Å². The van der Waals surface area contributed by atoms with Gasteiger partial charge in [-0.05, 0) is 100 Å². The van der Waals surface area contributed by atoms with E-state index in [1.54, 1.807) is 60.1 Å². The van der Waals surface area contributed by atoms with Gasteiger partial charge < -0.3 is 14.7 Å². The van der Waals surface area contributed by atoms with E-state index in [4.69, 9.17) is 21.5 Å². The summed E-state index contributed by atoms with van der Waals surface area (Å²) in [6.07, 6.45) is -1.98. The number of aromatic nitrogens is 3. The fourth-order valence-electron chi connectivity index (χ4n) is 6.03. The van der Waals surface area contributed by atoms with Gasteiger partial charge in [0, 0.05) is 60.6 Å². The van der Waals surface area contributed by atoms with Gasteiger partial charge in [0.1, 0.15) is 23.7 Å². The highest BCUT2D eigenvalue weighted by atomic mass is 127.